The Balaban J connectivity index is 4.75. The Morgan fingerprint density at radius 3 is 2.35 bits per heavy atom. The number of hydrogen-bond donors (Lipinski definition) is 5. The van der Waals surface area contributed by atoms with Crippen LogP contribution in [0.25, 0.3) is 0 Å². The van der Waals surface area contributed by atoms with Gasteiger partial charge in [0.1, 0.15) is 24.6 Å². The highest BCUT2D eigenvalue weighted by atomic mass is 16.5. The van der Waals surface area contributed by atoms with Gasteiger partial charge in [0.2, 0.25) is 0 Å². The molecule has 0 aromatic heterocycles. The molecule has 0 heterocycles. The summed E-state index contributed by atoms with van der Waals surface area (Å²) in [7, 11) is 0. The number of aldehydes is 1. The topological polar surface area (TPSA) is 150 Å². The van der Waals surface area contributed by atoms with Crippen molar-refractivity contribution in [3.05, 3.63) is 0 Å². The number of carboxylic acid groups (broad SMARTS) is 1. The van der Waals surface area contributed by atoms with Crippen LogP contribution in [-0.4, -0.2) is 69.7 Å². The first kappa shape index (κ1) is 15.9. The summed E-state index contributed by atoms with van der Waals surface area (Å²) in [6.07, 6.45) is -5.71. The number of carboxylic acids is 1. The molecule has 0 radical (unpaired) electrons. The SMILES string of the molecule is C[C@H](O[C@@H]([C@@H](O)[C@@H](O)CO)[C@H](N)C=O)C(=O)O. The minimum atomic E-state index is -1.66. The molecule has 0 aliphatic carbocycles. The summed E-state index contributed by atoms with van der Waals surface area (Å²) < 4.78 is 4.87. The van der Waals surface area contributed by atoms with Gasteiger partial charge in [-0.25, -0.2) is 4.79 Å². The van der Waals surface area contributed by atoms with Crippen LogP contribution >= 0.6 is 0 Å². The number of aliphatic hydroxyl groups is 3. The molecule has 0 aliphatic rings. The Hall–Kier alpha value is -1.06. The van der Waals surface area contributed by atoms with Crippen molar-refractivity contribution >= 4 is 12.3 Å². The Bertz CT molecular complexity index is 260. The molecule has 0 aromatic carbocycles. The fourth-order valence-corrected chi connectivity index (χ4v) is 1.10. The third-order valence-corrected chi connectivity index (χ3v) is 2.16. The summed E-state index contributed by atoms with van der Waals surface area (Å²) in [5.74, 6) is -1.31. The van der Waals surface area contributed by atoms with Gasteiger partial charge in [-0.05, 0) is 6.92 Å². The van der Waals surface area contributed by atoms with Gasteiger partial charge in [0.25, 0.3) is 0 Å². The number of aliphatic carboxylic acids is 1. The number of rotatable bonds is 8. The van der Waals surface area contributed by atoms with E-state index in [2.05, 4.69) is 0 Å². The lowest BCUT2D eigenvalue weighted by Crippen LogP contribution is -2.53. The zero-order valence-electron chi connectivity index (χ0n) is 9.26. The number of ether oxygens (including phenoxy) is 1. The average molecular weight is 251 g/mol. The fraction of sp³-hybridized carbons (Fsp3) is 0.778. The van der Waals surface area contributed by atoms with E-state index in [9.17, 15) is 19.8 Å². The zero-order valence-corrected chi connectivity index (χ0v) is 9.26. The largest absolute Gasteiger partial charge is 0.479 e. The van der Waals surface area contributed by atoms with E-state index in [-0.39, 0.29) is 6.29 Å². The Kier molecular flexibility index (Phi) is 6.85. The summed E-state index contributed by atoms with van der Waals surface area (Å²) in [6, 6.07) is -1.31. The van der Waals surface area contributed by atoms with Gasteiger partial charge in [-0.3, -0.25) is 0 Å². The van der Waals surface area contributed by atoms with Crippen LogP contribution in [0.3, 0.4) is 0 Å². The first-order valence-corrected chi connectivity index (χ1v) is 4.91. The molecule has 0 saturated heterocycles. The maximum atomic E-state index is 10.6. The first-order chi connectivity index (χ1) is 7.84. The maximum Gasteiger partial charge on any atom is 0.332 e. The van der Waals surface area contributed by atoms with Gasteiger partial charge in [-0.15, -0.1) is 0 Å². The molecule has 0 saturated carbocycles. The van der Waals surface area contributed by atoms with Crippen LogP contribution in [0, 0.1) is 0 Å². The van der Waals surface area contributed by atoms with E-state index in [0.29, 0.717) is 0 Å². The third-order valence-electron chi connectivity index (χ3n) is 2.16. The number of carbonyl (C=O) groups excluding carboxylic acids is 1. The highest BCUT2D eigenvalue weighted by molar-refractivity contribution is 5.71. The summed E-state index contributed by atoms with van der Waals surface area (Å²) in [6.45, 7) is 0.416. The molecule has 0 unspecified atom stereocenters. The van der Waals surface area contributed by atoms with Gasteiger partial charge in [-0.2, -0.15) is 0 Å². The van der Waals surface area contributed by atoms with E-state index >= 15 is 0 Å². The molecule has 6 N–H and O–H groups in total. The Morgan fingerprint density at radius 1 is 1.47 bits per heavy atom. The first-order valence-electron chi connectivity index (χ1n) is 4.91. The summed E-state index contributed by atoms with van der Waals surface area (Å²) in [4.78, 5) is 21.1. The van der Waals surface area contributed by atoms with Crippen molar-refractivity contribution in [2.24, 2.45) is 5.73 Å². The van der Waals surface area contributed by atoms with Crippen LogP contribution in [0.4, 0.5) is 0 Å². The monoisotopic (exact) mass is 251 g/mol. The number of nitrogens with two attached hydrogens (primary N) is 1. The van der Waals surface area contributed by atoms with E-state index in [1.807, 2.05) is 0 Å². The molecule has 0 aromatic rings. The van der Waals surface area contributed by atoms with Crippen LogP contribution in [-0.2, 0) is 14.3 Å². The van der Waals surface area contributed by atoms with Crippen LogP contribution in [0.1, 0.15) is 6.92 Å². The maximum absolute atomic E-state index is 10.6. The molecule has 0 fully saturated rings. The molecular weight excluding hydrogens is 234 g/mol. The van der Waals surface area contributed by atoms with Gasteiger partial charge in [0.05, 0.1) is 12.6 Å². The predicted molar refractivity (Wildman–Crippen MR) is 55.1 cm³/mol. The van der Waals surface area contributed by atoms with E-state index < -0.39 is 43.0 Å². The van der Waals surface area contributed by atoms with Crippen molar-refractivity contribution in [3.63, 3.8) is 0 Å². The van der Waals surface area contributed by atoms with Gasteiger partial charge >= 0.3 is 5.97 Å². The van der Waals surface area contributed by atoms with Crippen molar-refractivity contribution in [1.29, 1.82) is 0 Å². The molecular formula is C9H17NO7. The zero-order chi connectivity index (χ0) is 13.6. The highest BCUT2D eigenvalue weighted by Crippen LogP contribution is 2.10. The van der Waals surface area contributed by atoms with Crippen LogP contribution < -0.4 is 5.73 Å². The van der Waals surface area contributed by atoms with Crippen LogP contribution in [0.15, 0.2) is 0 Å². The molecule has 100 valence electrons. The van der Waals surface area contributed by atoms with Crippen LogP contribution in [0.5, 0.6) is 0 Å². The quantitative estimate of drug-likeness (QED) is 0.288. The molecule has 5 atom stereocenters. The number of hydrogen-bond acceptors (Lipinski definition) is 7. The minimum Gasteiger partial charge on any atom is -0.479 e. The fourth-order valence-electron chi connectivity index (χ4n) is 1.10. The predicted octanol–water partition coefficient (Wildman–Crippen LogP) is -2.91. The van der Waals surface area contributed by atoms with Gasteiger partial charge in [0.15, 0.2) is 6.10 Å². The van der Waals surface area contributed by atoms with Crippen LogP contribution in [0.2, 0.25) is 0 Å². The molecule has 0 amide bonds. The second kappa shape index (κ2) is 7.30. The van der Waals surface area contributed by atoms with Gasteiger partial charge in [-0.1, -0.05) is 0 Å². The second-order valence-corrected chi connectivity index (χ2v) is 3.54. The Morgan fingerprint density at radius 2 is 2.00 bits per heavy atom. The normalized spacial score (nSPS) is 20.1. The molecule has 0 rings (SSSR count). The summed E-state index contributed by atoms with van der Waals surface area (Å²) in [5.41, 5.74) is 5.32. The van der Waals surface area contributed by atoms with E-state index in [1.165, 1.54) is 6.92 Å². The van der Waals surface area contributed by atoms with E-state index in [1.54, 1.807) is 0 Å². The summed E-state index contributed by atoms with van der Waals surface area (Å²) in [5, 5.41) is 36.0. The van der Waals surface area contributed by atoms with Crippen molar-refractivity contribution < 1.29 is 34.8 Å². The lowest BCUT2D eigenvalue weighted by molar-refractivity contribution is -0.166. The average Bonchev–Trinajstić information content (AvgIpc) is 2.32. The molecule has 0 spiro atoms. The van der Waals surface area contributed by atoms with Gasteiger partial charge in [0, 0.05) is 0 Å². The van der Waals surface area contributed by atoms with E-state index in [4.69, 9.17) is 20.7 Å². The number of carbonyl (C=O) groups is 2. The van der Waals surface area contributed by atoms with Crippen molar-refractivity contribution in [3.8, 4) is 0 Å². The Labute approximate surface area is 97.6 Å². The lowest BCUT2D eigenvalue weighted by atomic mass is 10.0. The van der Waals surface area contributed by atoms with Gasteiger partial charge < -0.3 is 35.7 Å². The van der Waals surface area contributed by atoms with Crippen molar-refractivity contribution in [1.82, 2.24) is 0 Å². The molecule has 8 nitrogen and oxygen atoms in total. The molecule has 0 aliphatic heterocycles. The van der Waals surface area contributed by atoms with Crippen molar-refractivity contribution in [2.45, 2.75) is 37.4 Å². The second-order valence-electron chi connectivity index (χ2n) is 3.54. The third kappa shape index (κ3) is 4.75. The van der Waals surface area contributed by atoms with E-state index in [0.717, 1.165) is 0 Å². The minimum absolute atomic E-state index is 0.256. The standard InChI is InChI=1S/C9H17NO7/c1-4(9(15)16)17-8(5(10)2-11)7(14)6(13)3-12/h2,4-8,12-14H,3,10H2,1H3,(H,15,16)/t4-,5+,6-,7-,8+/m0/s1. The highest BCUT2D eigenvalue weighted by Gasteiger charge is 2.34. The lowest BCUT2D eigenvalue weighted by Gasteiger charge is -2.29. The molecule has 17 heavy (non-hydrogen) atoms. The molecule has 0 bridgehead atoms. The summed E-state index contributed by atoms with van der Waals surface area (Å²) >= 11 is 0. The smallest absolute Gasteiger partial charge is 0.332 e. The molecule has 8 heteroatoms. The number of aliphatic hydroxyl groups excluding tert-OH is 3. The van der Waals surface area contributed by atoms with Crippen molar-refractivity contribution in [2.75, 3.05) is 6.61 Å².